The van der Waals surface area contributed by atoms with Crippen molar-refractivity contribution in [2.45, 2.75) is 29.0 Å². The summed E-state index contributed by atoms with van der Waals surface area (Å²) >= 11 is 4.35. The van der Waals surface area contributed by atoms with E-state index in [4.69, 9.17) is 5.26 Å². The van der Waals surface area contributed by atoms with Gasteiger partial charge in [-0.25, -0.2) is 8.42 Å². The summed E-state index contributed by atoms with van der Waals surface area (Å²) in [6.07, 6.45) is 2.08. The molecule has 0 bridgehead atoms. The van der Waals surface area contributed by atoms with Gasteiger partial charge in [-0.15, -0.1) is 11.3 Å². The number of sulfonamides is 1. The number of nitrogens with one attached hydrogen (secondary N) is 1. The Morgan fingerprint density at radius 1 is 1.50 bits per heavy atom. The van der Waals surface area contributed by atoms with Gasteiger partial charge in [0.15, 0.2) is 0 Å². The molecule has 16 heavy (non-hydrogen) atoms. The number of thiophene rings is 1. The Labute approximate surface area is 106 Å². The van der Waals surface area contributed by atoms with Crippen LogP contribution in [0.4, 0.5) is 0 Å². The zero-order valence-electron chi connectivity index (χ0n) is 8.23. The van der Waals surface area contributed by atoms with Crippen LogP contribution in [0, 0.1) is 11.3 Å². The fraction of sp³-hybridized carbons (Fsp3) is 0.444. The number of rotatable bonds is 3. The molecule has 1 N–H and O–H groups in total. The van der Waals surface area contributed by atoms with Crippen LogP contribution >= 0.6 is 27.3 Å². The molecule has 1 aromatic heterocycles. The minimum absolute atomic E-state index is 0.237. The van der Waals surface area contributed by atoms with Crippen LogP contribution in [0.1, 0.15) is 19.3 Å². The second-order valence-corrected chi connectivity index (χ2v) is 8.08. The maximum absolute atomic E-state index is 11.9. The van der Waals surface area contributed by atoms with E-state index < -0.39 is 15.6 Å². The molecule has 2 rings (SSSR count). The first kappa shape index (κ1) is 12.0. The molecule has 0 unspecified atom stereocenters. The average molecular weight is 321 g/mol. The topological polar surface area (TPSA) is 70.0 Å². The quantitative estimate of drug-likeness (QED) is 0.928. The van der Waals surface area contributed by atoms with Crippen LogP contribution in [-0.2, 0) is 10.0 Å². The van der Waals surface area contributed by atoms with Crippen molar-refractivity contribution in [2.24, 2.45) is 0 Å². The summed E-state index contributed by atoms with van der Waals surface area (Å²) < 4.78 is 27.4. The van der Waals surface area contributed by atoms with E-state index in [0.29, 0.717) is 12.8 Å². The number of hydrogen-bond acceptors (Lipinski definition) is 4. The first-order chi connectivity index (χ1) is 7.47. The second kappa shape index (κ2) is 4.11. The molecule has 0 spiro atoms. The van der Waals surface area contributed by atoms with Crippen molar-refractivity contribution in [3.63, 3.8) is 0 Å². The lowest BCUT2D eigenvalue weighted by Gasteiger charge is -2.35. The number of nitriles is 1. The standard InChI is InChI=1S/C9H9BrN2O2S2/c10-7-2-3-8(15-7)16(13,14)12-9(6-11)4-1-5-9/h2-3,12H,1,4-5H2. The molecule has 1 heterocycles. The lowest BCUT2D eigenvalue weighted by Crippen LogP contribution is -2.52. The van der Waals surface area contributed by atoms with Gasteiger partial charge in [0.2, 0.25) is 0 Å². The van der Waals surface area contributed by atoms with Gasteiger partial charge in [-0.05, 0) is 47.3 Å². The van der Waals surface area contributed by atoms with Gasteiger partial charge in [-0.1, -0.05) is 0 Å². The van der Waals surface area contributed by atoms with Crippen molar-refractivity contribution in [1.82, 2.24) is 4.72 Å². The molecule has 1 aliphatic rings. The first-order valence-corrected chi connectivity index (χ1v) is 7.77. The van der Waals surface area contributed by atoms with Crippen molar-refractivity contribution in [3.8, 4) is 6.07 Å². The van der Waals surface area contributed by atoms with Crippen LogP contribution in [0.15, 0.2) is 20.1 Å². The minimum atomic E-state index is -3.55. The SMILES string of the molecule is N#CC1(NS(=O)(=O)c2ccc(Br)s2)CCC1. The maximum Gasteiger partial charge on any atom is 0.251 e. The minimum Gasteiger partial charge on any atom is -0.206 e. The van der Waals surface area contributed by atoms with E-state index in [-0.39, 0.29) is 4.21 Å². The molecule has 0 amide bonds. The molecule has 1 aliphatic carbocycles. The van der Waals surface area contributed by atoms with Crippen LogP contribution in [0.2, 0.25) is 0 Å². The Bertz CT molecular complexity index is 540. The summed E-state index contributed by atoms with van der Waals surface area (Å²) in [5, 5.41) is 8.97. The smallest absolute Gasteiger partial charge is 0.206 e. The van der Waals surface area contributed by atoms with Crippen LogP contribution in [-0.4, -0.2) is 14.0 Å². The third kappa shape index (κ3) is 2.15. The molecule has 1 saturated carbocycles. The summed E-state index contributed by atoms with van der Waals surface area (Å²) in [5.41, 5.74) is -0.880. The predicted molar refractivity (Wildman–Crippen MR) is 64.5 cm³/mol. The molecule has 86 valence electrons. The zero-order chi connectivity index (χ0) is 11.8. The van der Waals surface area contributed by atoms with E-state index >= 15 is 0 Å². The van der Waals surface area contributed by atoms with Crippen molar-refractivity contribution >= 4 is 37.3 Å². The van der Waals surface area contributed by atoms with Crippen molar-refractivity contribution < 1.29 is 8.42 Å². The molecule has 0 aliphatic heterocycles. The number of halogens is 1. The van der Waals surface area contributed by atoms with Gasteiger partial charge in [-0.2, -0.15) is 9.98 Å². The third-order valence-electron chi connectivity index (χ3n) is 2.56. The van der Waals surface area contributed by atoms with Crippen LogP contribution in [0.25, 0.3) is 0 Å². The van der Waals surface area contributed by atoms with Crippen molar-refractivity contribution in [3.05, 3.63) is 15.9 Å². The summed E-state index contributed by atoms with van der Waals surface area (Å²) in [4.78, 5) is 0. The summed E-state index contributed by atoms with van der Waals surface area (Å²) in [7, 11) is -3.55. The lowest BCUT2D eigenvalue weighted by molar-refractivity contribution is 0.296. The van der Waals surface area contributed by atoms with Gasteiger partial charge in [0, 0.05) is 0 Å². The Balaban J connectivity index is 2.24. The largest absolute Gasteiger partial charge is 0.251 e. The fourth-order valence-electron chi connectivity index (χ4n) is 1.52. The molecular weight excluding hydrogens is 312 g/mol. The monoisotopic (exact) mass is 320 g/mol. The molecule has 4 nitrogen and oxygen atoms in total. The average Bonchev–Trinajstić information content (AvgIpc) is 2.59. The number of nitrogens with zero attached hydrogens (tertiary/aromatic N) is 1. The normalized spacial score (nSPS) is 18.8. The Morgan fingerprint density at radius 2 is 2.19 bits per heavy atom. The Morgan fingerprint density at radius 3 is 2.56 bits per heavy atom. The molecule has 0 atom stereocenters. The second-order valence-electron chi connectivity index (χ2n) is 3.71. The van der Waals surface area contributed by atoms with Gasteiger partial charge >= 0.3 is 0 Å². The van der Waals surface area contributed by atoms with Crippen LogP contribution < -0.4 is 4.72 Å². The van der Waals surface area contributed by atoms with E-state index in [1.165, 1.54) is 6.07 Å². The Kier molecular flexibility index (Phi) is 3.09. The van der Waals surface area contributed by atoms with Crippen LogP contribution in [0.3, 0.4) is 0 Å². The van der Waals surface area contributed by atoms with Gasteiger partial charge in [0.05, 0.1) is 9.86 Å². The zero-order valence-corrected chi connectivity index (χ0v) is 11.5. The van der Waals surface area contributed by atoms with Gasteiger partial charge in [-0.3, -0.25) is 0 Å². The Hall–Kier alpha value is -0.420. The number of hydrogen-bond donors (Lipinski definition) is 1. The van der Waals surface area contributed by atoms with E-state index in [1.807, 2.05) is 0 Å². The summed E-state index contributed by atoms with van der Waals surface area (Å²) in [6.45, 7) is 0. The fourth-order valence-corrected chi connectivity index (χ4v) is 4.90. The molecule has 0 saturated heterocycles. The van der Waals surface area contributed by atoms with Gasteiger partial charge < -0.3 is 0 Å². The van der Waals surface area contributed by atoms with E-state index in [1.54, 1.807) is 6.07 Å². The van der Waals surface area contributed by atoms with Gasteiger partial charge in [0.25, 0.3) is 10.0 Å². The van der Waals surface area contributed by atoms with Crippen LogP contribution in [0.5, 0.6) is 0 Å². The van der Waals surface area contributed by atoms with Crippen molar-refractivity contribution in [1.29, 1.82) is 5.26 Å². The highest BCUT2D eigenvalue weighted by Crippen LogP contribution is 2.34. The molecule has 0 radical (unpaired) electrons. The molecule has 0 aromatic carbocycles. The van der Waals surface area contributed by atoms with Crippen molar-refractivity contribution in [2.75, 3.05) is 0 Å². The highest BCUT2D eigenvalue weighted by Gasteiger charge is 2.41. The summed E-state index contributed by atoms with van der Waals surface area (Å²) in [6, 6.07) is 5.26. The third-order valence-corrected chi connectivity index (χ3v) is 6.22. The highest BCUT2D eigenvalue weighted by atomic mass is 79.9. The lowest BCUT2D eigenvalue weighted by atomic mass is 9.79. The first-order valence-electron chi connectivity index (χ1n) is 4.68. The maximum atomic E-state index is 11.9. The highest BCUT2D eigenvalue weighted by molar-refractivity contribution is 9.11. The molecular formula is C9H9BrN2O2S2. The van der Waals surface area contributed by atoms with E-state index in [9.17, 15) is 8.42 Å². The molecule has 7 heteroatoms. The molecule has 1 aromatic rings. The predicted octanol–water partition coefficient (Wildman–Crippen LogP) is 2.24. The van der Waals surface area contributed by atoms with Gasteiger partial charge in [0.1, 0.15) is 9.75 Å². The summed E-state index contributed by atoms with van der Waals surface area (Å²) in [5.74, 6) is 0. The van der Waals surface area contributed by atoms with E-state index in [0.717, 1.165) is 21.5 Å². The molecule has 1 fully saturated rings. The van der Waals surface area contributed by atoms with E-state index in [2.05, 4.69) is 26.7 Å².